The third-order valence-corrected chi connectivity index (χ3v) is 5.56. The highest BCUT2D eigenvalue weighted by molar-refractivity contribution is 6.11. The number of fused-ring (bicyclic) bond motifs is 2. The first kappa shape index (κ1) is 22.0. The van der Waals surface area contributed by atoms with Crippen molar-refractivity contribution in [2.75, 3.05) is 19.2 Å². The van der Waals surface area contributed by atoms with Crippen LogP contribution >= 0.6 is 0 Å². The second-order valence-corrected chi connectivity index (χ2v) is 7.84. The number of para-hydroxylation sites is 1. The summed E-state index contributed by atoms with van der Waals surface area (Å²) in [5.41, 5.74) is 1.65. The lowest BCUT2D eigenvalue weighted by Crippen LogP contribution is -2.31. The van der Waals surface area contributed by atoms with E-state index in [1.54, 1.807) is 48.5 Å². The third kappa shape index (κ3) is 4.79. The van der Waals surface area contributed by atoms with Gasteiger partial charge in [-0.15, -0.1) is 0 Å². The quantitative estimate of drug-likeness (QED) is 0.391. The largest absolute Gasteiger partial charge is 0.496 e. The van der Waals surface area contributed by atoms with Crippen molar-refractivity contribution in [3.63, 3.8) is 0 Å². The van der Waals surface area contributed by atoms with E-state index < -0.39 is 11.8 Å². The number of ether oxygens (including phenoxy) is 3. The fraction of sp³-hybridized carbons (Fsp3) is 0.0714. The number of methoxy groups -OCH3 is 1. The summed E-state index contributed by atoms with van der Waals surface area (Å²) < 4.78 is 16.1. The first-order valence-electron chi connectivity index (χ1n) is 11.0. The average Bonchev–Trinajstić information content (AvgIpc) is 3.36. The molecule has 0 aliphatic carbocycles. The molecule has 7 nitrogen and oxygen atoms in total. The molecule has 4 aromatic carbocycles. The zero-order chi connectivity index (χ0) is 24.2. The van der Waals surface area contributed by atoms with Crippen LogP contribution in [-0.2, 0) is 4.79 Å². The Balaban J connectivity index is 1.46. The van der Waals surface area contributed by atoms with Gasteiger partial charge in [-0.05, 0) is 58.8 Å². The Morgan fingerprint density at radius 1 is 0.857 bits per heavy atom. The summed E-state index contributed by atoms with van der Waals surface area (Å²) in [6, 6.07) is 25.6. The van der Waals surface area contributed by atoms with Crippen LogP contribution in [0, 0.1) is 0 Å². The van der Waals surface area contributed by atoms with E-state index >= 15 is 0 Å². The minimum Gasteiger partial charge on any atom is -0.496 e. The molecule has 7 heteroatoms. The zero-order valence-electron chi connectivity index (χ0n) is 18.9. The normalized spacial score (nSPS) is 12.3. The fourth-order valence-electron chi connectivity index (χ4n) is 3.82. The molecular formula is C28H22N2O5. The number of carbonyl (C=O) groups is 2. The van der Waals surface area contributed by atoms with Gasteiger partial charge in [-0.1, -0.05) is 48.5 Å². The Labute approximate surface area is 201 Å². The molecule has 0 radical (unpaired) electrons. The molecule has 0 bridgehead atoms. The molecule has 4 aromatic rings. The molecule has 1 aliphatic rings. The summed E-state index contributed by atoms with van der Waals surface area (Å²) in [6.07, 6.45) is 1.59. The Morgan fingerprint density at radius 3 is 2.49 bits per heavy atom. The van der Waals surface area contributed by atoms with Crippen molar-refractivity contribution in [1.82, 2.24) is 5.32 Å². The van der Waals surface area contributed by atoms with Gasteiger partial charge in [0, 0.05) is 5.69 Å². The van der Waals surface area contributed by atoms with Gasteiger partial charge in [-0.2, -0.15) is 0 Å². The van der Waals surface area contributed by atoms with Crippen LogP contribution in [0.25, 0.3) is 16.8 Å². The van der Waals surface area contributed by atoms with Gasteiger partial charge in [0.25, 0.3) is 11.8 Å². The lowest BCUT2D eigenvalue weighted by Gasteiger charge is -2.13. The fourth-order valence-corrected chi connectivity index (χ4v) is 3.82. The lowest BCUT2D eigenvalue weighted by atomic mass is 10.1. The third-order valence-electron chi connectivity index (χ3n) is 5.56. The highest BCUT2D eigenvalue weighted by Gasteiger charge is 2.19. The highest BCUT2D eigenvalue weighted by atomic mass is 16.7. The number of anilines is 1. The Kier molecular flexibility index (Phi) is 6.05. The van der Waals surface area contributed by atoms with Crippen LogP contribution < -0.4 is 24.8 Å². The maximum absolute atomic E-state index is 13.3. The molecule has 2 N–H and O–H groups in total. The van der Waals surface area contributed by atoms with E-state index in [0.29, 0.717) is 34.1 Å². The van der Waals surface area contributed by atoms with E-state index in [1.807, 2.05) is 42.5 Å². The van der Waals surface area contributed by atoms with Crippen LogP contribution in [0.15, 0.2) is 90.6 Å². The van der Waals surface area contributed by atoms with Gasteiger partial charge in [-0.25, -0.2) is 0 Å². The Morgan fingerprint density at radius 2 is 1.63 bits per heavy atom. The predicted octanol–water partition coefficient (Wildman–Crippen LogP) is 4.99. The van der Waals surface area contributed by atoms with Crippen molar-refractivity contribution in [2.45, 2.75) is 0 Å². The molecular weight excluding hydrogens is 444 g/mol. The molecule has 5 rings (SSSR count). The van der Waals surface area contributed by atoms with Crippen LogP contribution in [0.2, 0.25) is 0 Å². The molecule has 1 heterocycles. The molecule has 35 heavy (non-hydrogen) atoms. The average molecular weight is 466 g/mol. The van der Waals surface area contributed by atoms with Crippen LogP contribution in [0.5, 0.6) is 17.2 Å². The number of benzene rings is 4. The summed E-state index contributed by atoms with van der Waals surface area (Å²) in [5.74, 6) is 0.665. The van der Waals surface area contributed by atoms with Gasteiger partial charge in [0.05, 0.1) is 12.7 Å². The number of amides is 2. The van der Waals surface area contributed by atoms with Crippen LogP contribution in [0.1, 0.15) is 15.9 Å². The Bertz CT molecular complexity index is 1460. The van der Waals surface area contributed by atoms with Gasteiger partial charge in [0.2, 0.25) is 6.79 Å². The molecule has 0 spiro atoms. The van der Waals surface area contributed by atoms with Crippen molar-refractivity contribution >= 4 is 34.4 Å². The number of nitrogens with one attached hydrogen (secondary N) is 2. The number of hydrogen-bond donors (Lipinski definition) is 2. The monoisotopic (exact) mass is 466 g/mol. The van der Waals surface area contributed by atoms with Crippen molar-refractivity contribution in [3.8, 4) is 17.2 Å². The molecule has 0 fully saturated rings. The van der Waals surface area contributed by atoms with Crippen molar-refractivity contribution < 1.29 is 23.8 Å². The minimum absolute atomic E-state index is 0.0629. The maximum atomic E-state index is 13.3. The minimum atomic E-state index is -0.471. The van der Waals surface area contributed by atoms with Gasteiger partial charge in [0.15, 0.2) is 11.5 Å². The van der Waals surface area contributed by atoms with Crippen LogP contribution in [0.4, 0.5) is 5.69 Å². The standard InChI is InChI=1S/C28H22N2O5/c1-33-24-9-5-4-8-22(24)27(31)30-23(14-18-10-13-25-26(15-18)35-17-34-25)28(32)29-21-12-11-19-6-2-3-7-20(19)16-21/h2-16H,17H2,1H3,(H,29,32)(H,30,31)/b23-14+. The van der Waals surface area contributed by atoms with Crippen LogP contribution in [0.3, 0.4) is 0 Å². The molecule has 0 unspecified atom stereocenters. The van der Waals surface area contributed by atoms with E-state index in [2.05, 4.69) is 10.6 Å². The molecule has 174 valence electrons. The maximum Gasteiger partial charge on any atom is 0.272 e. The van der Waals surface area contributed by atoms with Crippen molar-refractivity contribution in [3.05, 3.63) is 102 Å². The molecule has 0 saturated carbocycles. The van der Waals surface area contributed by atoms with E-state index in [4.69, 9.17) is 14.2 Å². The second-order valence-electron chi connectivity index (χ2n) is 7.84. The first-order valence-corrected chi connectivity index (χ1v) is 11.0. The van der Waals surface area contributed by atoms with Gasteiger partial charge in [-0.3, -0.25) is 9.59 Å². The summed E-state index contributed by atoms with van der Waals surface area (Å²) in [5, 5.41) is 7.67. The topological polar surface area (TPSA) is 85.9 Å². The van der Waals surface area contributed by atoms with Gasteiger partial charge in [0.1, 0.15) is 11.4 Å². The second kappa shape index (κ2) is 9.61. The SMILES string of the molecule is COc1ccccc1C(=O)N/C(=C/c1ccc2c(c1)OCO2)C(=O)Nc1ccc2ccccc2c1. The number of hydrogen-bond acceptors (Lipinski definition) is 5. The molecule has 1 aliphatic heterocycles. The van der Waals surface area contributed by atoms with Crippen LogP contribution in [-0.4, -0.2) is 25.7 Å². The predicted molar refractivity (Wildman–Crippen MR) is 134 cm³/mol. The highest BCUT2D eigenvalue weighted by Crippen LogP contribution is 2.33. The summed E-state index contributed by atoms with van der Waals surface area (Å²) in [7, 11) is 1.49. The number of rotatable bonds is 6. The van der Waals surface area contributed by atoms with Crippen molar-refractivity contribution in [1.29, 1.82) is 0 Å². The summed E-state index contributed by atoms with van der Waals surface area (Å²) in [4.78, 5) is 26.4. The van der Waals surface area contributed by atoms with E-state index in [1.165, 1.54) is 7.11 Å². The van der Waals surface area contributed by atoms with Gasteiger partial charge < -0.3 is 24.8 Å². The molecule has 0 saturated heterocycles. The smallest absolute Gasteiger partial charge is 0.272 e. The zero-order valence-corrected chi connectivity index (χ0v) is 18.9. The Hall–Kier alpha value is -4.78. The van der Waals surface area contributed by atoms with Gasteiger partial charge >= 0.3 is 0 Å². The van der Waals surface area contributed by atoms with E-state index in [-0.39, 0.29) is 12.5 Å². The van der Waals surface area contributed by atoms with Crippen molar-refractivity contribution in [2.24, 2.45) is 0 Å². The molecule has 0 aromatic heterocycles. The van der Waals surface area contributed by atoms with E-state index in [0.717, 1.165) is 10.8 Å². The summed E-state index contributed by atoms with van der Waals surface area (Å²) in [6.45, 7) is 0.141. The molecule has 2 amide bonds. The molecule has 0 atom stereocenters. The first-order chi connectivity index (χ1) is 17.1. The summed E-state index contributed by atoms with van der Waals surface area (Å²) >= 11 is 0. The van der Waals surface area contributed by atoms with E-state index in [9.17, 15) is 9.59 Å². The lowest BCUT2D eigenvalue weighted by molar-refractivity contribution is -0.113. The number of carbonyl (C=O) groups excluding carboxylic acids is 2.